The van der Waals surface area contributed by atoms with Gasteiger partial charge >= 0.3 is 0 Å². The lowest BCUT2D eigenvalue weighted by Gasteiger charge is -2.23. The van der Waals surface area contributed by atoms with Gasteiger partial charge < -0.3 is 14.1 Å². The largest absolute Gasteiger partial charge is 0.494 e. The molecule has 0 spiro atoms. The number of rotatable bonds is 6. The van der Waals surface area contributed by atoms with Gasteiger partial charge in [0, 0.05) is 24.5 Å². The molecule has 2 aromatic rings. The first-order chi connectivity index (χ1) is 14.4. The van der Waals surface area contributed by atoms with Crippen LogP contribution in [0.4, 0.5) is 0 Å². The minimum Gasteiger partial charge on any atom is -0.494 e. The second-order valence-electron chi connectivity index (χ2n) is 7.47. The fourth-order valence-corrected chi connectivity index (χ4v) is 3.55. The van der Waals surface area contributed by atoms with Gasteiger partial charge in [0.25, 0.3) is 5.91 Å². The van der Waals surface area contributed by atoms with Crippen LogP contribution in [0.15, 0.2) is 58.9 Å². The molecule has 0 fully saturated rings. The highest BCUT2D eigenvalue weighted by Gasteiger charge is 2.34. The maximum Gasteiger partial charge on any atom is 0.283 e. The van der Waals surface area contributed by atoms with E-state index in [9.17, 15) is 4.79 Å². The summed E-state index contributed by atoms with van der Waals surface area (Å²) in [6.07, 6.45) is 6.09. The fourth-order valence-electron chi connectivity index (χ4n) is 3.55. The van der Waals surface area contributed by atoms with Crippen molar-refractivity contribution in [2.45, 2.75) is 33.7 Å². The molecule has 0 unspecified atom stereocenters. The lowest BCUT2D eigenvalue weighted by molar-refractivity contribution is -0.114. The Balaban J connectivity index is 1.41. The molecule has 4 rings (SSSR count). The van der Waals surface area contributed by atoms with E-state index in [2.05, 4.69) is 24.9 Å². The molecule has 30 heavy (non-hydrogen) atoms. The Morgan fingerprint density at radius 3 is 2.73 bits per heavy atom. The van der Waals surface area contributed by atoms with Crippen LogP contribution in [0.5, 0.6) is 5.75 Å². The molecule has 154 valence electrons. The molecule has 0 radical (unpaired) electrons. The molecule has 0 bridgehead atoms. The van der Waals surface area contributed by atoms with E-state index >= 15 is 0 Å². The van der Waals surface area contributed by atoms with Crippen LogP contribution >= 0.6 is 0 Å². The lowest BCUT2D eigenvalue weighted by atomic mass is 10.1. The molecule has 2 aliphatic rings. The van der Waals surface area contributed by atoms with Crippen LogP contribution in [0, 0.1) is 19.3 Å². The van der Waals surface area contributed by atoms with Crippen LogP contribution in [-0.4, -0.2) is 33.8 Å². The maximum atomic E-state index is 12.4. The second-order valence-corrected chi connectivity index (χ2v) is 7.47. The Labute approximate surface area is 175 Å². The highest BCUT2D eigenvalue weighted by Crippen LogP contribution is 2.24. The predicted octanol–water partition coefficient (Wildman–Crippen LogP) is 4.02. The number of amides is 1. The number of fused-ring (bicyclic) bond motifs is 1. The minimum absolute atomic E-state index is 0.0102. The Hall–Kier alpha value is -3.61. The third-order valence-electron chi connectivity index (χ3n) is 4.84. The zero-order valence-corrected chi connectivity index (χ0v) is 17.3. The number of amidine groups is 2. The van der Waals surface area contributed by atoms with Crippen molar-refractivity contribution in [1.29, 1.82) is 5.41 Å². The van der Waals surface area contributed by atoms with Crippen molar-refractivity contribution in [3.05, 3.63) is 70.8 Å². The smallest absolute Gasteiger partial charge is 0.283 e. The summed E-state index contributed by atoms with van der Waals surface area (Å²) in [5.74, 6) is 1.38. The minimum atomic E-state index is -0.438. The average Bonchev–Trinajstić information content (AvgIpc) is 3.27. The maximum absolute atomic E-state index is 12.4. The molecule has 3 heterocycles. The Morgan fingerprint density at radius 2 is 1.97 bits per heavy atom. The molecule has 0 saturated heterocycles. The Bertz CT molecular complexity index is 1090. The summed E-state index contributed by atoms with van der Waals surface area (Å²) < 4.78 is 7.92. The first-order valence-electron chi connectivity index (χ1n) is 9.87. The molecule has 1 N–H and O–H groups in total. The quantitative estimate of drug-likeness (QED) is 0.582. The summed E-state index contributed by atoms with van der Waals surface area (Å²) in [6, 6.07) is 10.0. The van der Waals surface area contributed by atoms with Crippen LogP contribution in [0.2, 0.25) is 0 Å². The van der Waals surface area contributed by atoms with Gasteiger partial charge in [0.15, 0.2) is 11.7 Å². The van der Waals surface area contributed by atoms with Crippen molar-refractivity contribution in [3.63, 3.8) is 0 Å². The van der Waals surface area contributed by atoms with Gasteiger partial charge in [-0.15, -0.1) is 5.06 Å². The Morgan fingerprint density at radius 1 is 1.20 bits per heavy atom. The molecule has 0 atom stereocenters. The number of hydroxylamine groups is 2. The number of aliphatic imine (C=N–C) groups is 1. The van der Waals surface area contributed by atoms with Crippen LogP contribution in [0.1, 0.15) is 30.2 Å². The van der Waals surface area contributed by atoms with Crippen LogP contribution in [0.25, 0.3) is 6.08 Å². The third kappa shape index (κ3) is 4.05. The molecule has 7 nitrogen and oxygen atoms in total. The van der Waals surface area contributed by atoms with Crippen molar-refractivity contribution in [2.24, 2.45) is 4.99 Å². The van der Waals surface area contributed by atoms with Crippen molar-refractivity contribution < 1.29 is 14.4 Å². The molecule has 0 saturated carbocycles. The number of benzene rings is 1. The van der Waals surface area contributed by atoms with E-state index in [-0.39, 0.29) is 11.4 Å². The van der Waals surface area contributed by atoms with Gasteiger partial charge in [-0.05, 0) is 68.7 Å². The summed E-state index contributed by atoms with van der Waals surface area (Å²) in [7, 11) is 0. The summed E-state index contributed by atoms with van der Waals surface area (Å²) >= 11 is 0. The van der Waals surface area contributed by atoms with E-state index in [1.807, 2.05) is 35.0 Å². The van der Waals surface area contributed by atoms with Crippen molar-refractivity contribution in [1.82, 2.24) is 9.63 Å². The van der Waals surface area contributed by atoms with E-state index in [0.29, 0.717) is 18.2 Å². The summed E-state index contributed by atoms with van der Waals surface area (Å²) in [6.45, 7) is 7.19. The number of aromatic nitrogens is 1. The number of ether oxygens (including phenoxy) is 1. The normalized spacial score (nSPS) is 17.0. The number of hydrogen-bond donors (Lipinski definition) is 1. The molecule has 7 heteroatoms. The van der Waals surface area contributed by atoms with Gasteiger partial charge in [-0.25, -0.2) is 0 Å². The van der Waals surface area contributed by atoms with Gasteiger partial charge in [-0.1, -0.05) is 6.07 Å². The van der Waals surface area contributed by atoms with Crippen LogP contribution in [0.3, 0.4) is 0 Å². The van der Waals surface area contributed by atoms with Gasteiger partial charge in [0.05, 0.1) is 12.2 Å². The van der Waals surface area contributed by atoms with E-state index in [0.717, 1.165) is 24.4 Å². The van der Waals surface area contributed by atoms with Gasteiger partial charge in [-0.3, -0.25) is 10.2 Å². The first kappa shape index (κ1) is 19.7. The molecule has 2 aliphatic heterocycles. The van der Waals surface area contributed by atoms with Crippen LogP contribution in [-0.2, 0) is 16.2 Å². The van der Waals surface area contributed by atoms with E-state index in [1.165, 1.54) is 16.2 Å². The number of carbonyl (C=O) groups is 1. The molecular formula is C23H24N4O3. The van der Waals surface area contributed by atoms with Gasteiger partial charge in [0.2, 0.25) is 0 Å². The predicted molar refractivity (Wildman–Crippen MR) is 115 cm³/mol. The van der Waals surface area contributed by atoms with E-state index in [4.69, 9.17) is 15.0 Å². The highest BCUT2D eigenvalue weighted by atomic mass is 16.7. The van der Waals surface area contributed by atoms with Gasteiger partial charge in [-0.2, -0.15) is 4.99 Å². The number of nitrogens with one attached hydrogen (secondary N) is 1. The summed E-state index contributed by atoms with van der Waals surface area (Å²) in [4.78, 5) is 21.9. The number of nitrogens with zero attached hydrogens (tertiary/aromatic N) is 3. The third-order valence-corrected chi connectivity index (χ3v) is 4.84. The fraction of sp³-hybridized carbons (Fsp3) is 0.261. The topological polar surface area (TPSA) is 79.9 Å². The van der Waals surface area contributed by atoms with Crippen LogP contribution < -0.4 is 4.74 Å². The number of hydrogen-bond acceptors (Lipinski definition) is 4. The van der Waals surface area contributed by atoms with Gasteiger partial charge in [0.1, 0.15) is 11.5 Å². The second kappa shape index (κ2) is 8.02. The van der Waals surface area contributed by atoms with Crippen molar-refractivity contribution in [2.75, 3.05) is 6.61 Å². The monoisotopic (exact) mass is 404 g/mol. The molecule has 0 aliphatic carbocycles. The number of allylic oxidation sites excluding steroid dienone is 1. The van der Waals surface area contributed by atoms with E-state index in [1.54, 1.807) is 19.1 Å². The standard InChI is InChI=1S/C23H24N4O3/c1-15-10-16(2)12-19(11-15)29-9-5-8-26-7-4-6-18(26)14-20-22(24)27-21(25-23(20)28)13-17(3)30-27/h4,6-7,10-14,24H,5,8-9H2,1-3H3/b20-14+,24-22?. The SMILES string of the molecule is CC1=CC2=NC(=O)/C(=C/c3cccn3CCCOc3cc(C)cc(C)c3)C(=N)N2O1. The molecule has 1 aromatic heterocycles. The average molecular weight is 404 g/mol. The molecule has 1 amide bonds. The Kier molecular flexibility index (Phi) is 5.27. The highest BCUT2D eigenvalue weighted by molar-refractivity contribution is 6.32. The summed E-state index contributed by atoms with van der Waals surface area (Å²) in [5.41, 5.74) is 3.40. The zero-order chi connectivity index (χ0) is 21.3. The molecule has 1 aromatic carbocycles. The van der Waals surface area contributed by atoms with E-state index < -0.39 is 5.91 Å². The number of carbonyl (C=O) groups excluding carboxylic acids is 1. The summed E-state index contributed by atoms with van der Waals surface area (Å²) in [5, 5.41) is 9.60. The van der Waals surface area contributed by atoms with Crippen molar-refractivity contribution >= 4 is 23.7 Å². The first-order valence-corrected chi connectivity index (χ1v) is 9.87. The van der Waals surface area contributed by atoms with Crippen molar-refractivity contribution in [3.8, 4) is 5.75 Å². The zero-order valence-electron chi connectivity index (χ0n) is 17.3. The lowest BCUT2D eigenvalue weighted by Crippen LogP contribution is -2.38. The molecular weight excluding hydrogens is 380 g/mol. The number of aryl methyl sites for hydroxylation is 3.